The SMILES string of the molecule is CC(O)(c1cccs1)C(Cl)(Cl)Cl. The van der Waals surface area contributed by atoms with Gasteiger partial charge in [0, 0.05) is 4.88 Å². The van der Waals surface area contributed by atoms with Crippen LogP contribution in [0, 0.1) is 0 Å². The number of hydrogen-bond donors (Lipinski definition) is 1. The molecule has 1 nitrogen and oxygen atoms in total. The first-order valence-electron chi connectivity index (χ1n) is 3.19. The van der Waals surface area contributed by atoms with E-state index in [4.69, 9.17) is 34.8 Å². The van der Waals surface area contributed by atoms with Gasteiger partial charge in [0.15, 0.2) is 0 Å². The van der Waals surface area contributed by atoms with E-state index in [0.29, 0.717) is 4.88 Å². The Morgan fingerprint density at radius 3 is 2.33 bits per heavy atom. The van der Waals surface area contributed by atoms with Crippen LogP contribution in [-0.4, -0.2) is 8.90 Å². The van der Waals surface area contributed by atoms with Gasteiger partial charge in [0.05, 0.1) is 0 Å². The Hall–Kier alpha value is 0.530. The van der Waals surface area contributed by atoms with E-state index in [2.05, 4.69) is 0 Å². The molecule has 0 aliphatic carbocycles. The van der Waals surface area contributed by atoms with Crippen molar-refractivity contribution in [2.75, 3.05) is 0 Å². The van der Waals surface area contributed by atoms with Gasteiger partial charge in [-0.15, -0.1) is 11.3 Å². The third-order valence-corrected chi connectivity index (χ3v) is 3.74. The highest BCUT2D eigenvalue weighted by Gasteiger charge is 2.45. The van der Waals surface area contributed by atoms with Crippen LogP contribution in [0.4, 0.5) is 0 Å². The molecule has 0 aromatic carbocycles. The zero-order valence-electron chi connectivity index (χ0n) is 6.22. The number of aliphatic hydroxyl groups is 1. The summed E-state index contributed by atoms with van der Waals surface area (Å²) in [5.41, 5.74) is -1.42. The number of thiophene rings is 1. The van der Waals surface area contributed by atoms with Gasteiger partial charge in [0.25, 0.3) is 0 Å². The molecule has 1 N–H and O–H groups in total. The van der Waals surface area contributed by atoms with E-state index < -0.39 is 9.39 Å². The van der Waals surface area contributed by atoms with Crippen molar-refractivity contribution in [1.82, 2.24) is 0 Å². The molecule has 1 rings (SSSR count). The normalized spacial score (nSPS) is 17.4. The van der Waals surface area contributed by atoms with E-state index in [9.17, 15) is 5.11 Å². The maximum Gasteiger partial charge on any atom is 0.223 e. The molecular formula is C7H7Cl3OS. The third-order valence-electron chi connectivity index (χ3n) is 1.55. The second-order valence-electron chi connectivity index (χ2n) is 2.55. The lowest BCUT2D eigenvalue weighted by Gasteiger charge is -2.29. The Bertz CT molecular complexity index is 250. The van der Waals surface area contributed by atoms with Gasteiger partial charge in [-0.2, -0.15) is 0 Å². The molecule has 0 bridgehead atoms. The number of alkyl halides is 3. The van der Waals surface area contributed by atoms with Crippen LogP contribution >= 0.6 is 46.1 Å². The predicted molar refractivity (Wildman–Crippen MR) is 54.2 cm³/mol. The molecule has 1 aromatic rings. The van der Waals surface area contributed by atoms with Crippen molar-refractivity contribution in [1.29, 1.82) is 0 Å². The fourth-order valence-electron chi connectivity index (χ4n) is 0.695. The Balaban J connectivity index is 3.02. The monoisotopic (exact) mass is 244 g/mol. The van der Waals surface area contributed by atoms with Crippen molar-refractivity contribution < 1.29 is 5.11 Å². The molecule has 68 valence electrons. The lowest BCUT2D eigenvalue weighted by molar-refractivity contribution is 0.0653. The molecule has 0 aliphatic rings. The predicted octanol–water partition coefficient (Wildman–Crippen LogP) is 3.33. The van der Waals surface area contributed by atoms with Gasteiger partial charge in [-0.05, 0) is 18.4 Å². The van der Waals surface area contributed by atoms with Gasteiger partial charge in [-0.3, -0.25) is 0 Å². The van der Waals surface area contributed by atoms with E-state index in [0.717, 1.165) is 0 Å². The highest BCUT2D eigenvalue weighted by atomic mass is 35.6. The molecule has 12 heavy (non-hydrogen) atoms. The molecule has 1 atom stereocenters. The largest absolute Gasteiger partial charge is 0.380 e. The first-order chi connectivity index (χ1) is 5.36. The summed E-state index contributed by atoms with van der Waals surface area (Å²) in [5.74, 6) is 0. The molecule has 0 aliphatic heterocycles. The summed E-state index contributed by atoms with van der Waals surface area (Å²) in [6, 6.07) is 3.53. The highest BCUT2D eigenvalue weighted by molar-refractivity contribution is 7.10. The summed E-state index contributed by atoms with van der Waals surface area (Å²) in [5, 5.41) is 11.6. The standard InChI is InChI=1S/C7H7Cl3OS/c1-6(11,7(8,9)10)5-3-2-4-12-5/h2-4,11H,1H3. The van der Waals surface area contributed by atoms with E-state index in [-0.39, 0.29) is 0 Å². The van der Waals surface area contributed by atoms with Crippen LogP contribution in [0.25, 0.3) is 0 Å². The number of hydrogen-bond acceptors (Lipinski definition) is 2. The lowest BCUT2D eigenvalue weighted by atomic mass is 10.1. The summed E-state index contributed by atoms with van der Waals surface area (Å²) < 4.78 is -1.70. The molecule has 0 radical (unpaired) electrons. The summed E-state index contributed by atoms with van der Waals surface area (Å²) in [7, 11) is 0. The molecular weight excluding hydrogens is 239 g/mol. The van der Waals surface area contributed by atoms with E-state index in [1.54, 1.807) is 12.1 Å². The van der Waals surface area contributed by atoms with Crippen LogP contribution < -0.4 is 0 Å². The van der Waals surface area contributed by atoms with E-state index in [1.807, 2.05) is 5.38 Å². The van der Waals surface area contributed by atoms with E-state index in [1.165, 1.54) is 18.3 Å². The van der Waals surface area contributed by atoms with Crippen molar-refractivity contribution in [3.8, 4) is 0 Å². The van der Waals surface area contributed by atoms with Crippen molar-refractivity contribution in [2.24, 2.45) is 0 Å². The first kappa shape index (κ1) is 10.6. The molecule has 0 fully saturated rings. The molecule has 0 amide bonds. The summed E-state index contributed by atoms with van der Waals surface area (Å²) in [6.45, 7) is 1.48. The van der Waals surface area contributed by atoms with Gasteiger partial charge in [0.1, 0.15) is 5.60 Å². The molecule has 5 heteroatoms. The van der Waals surface area contributed by atoms with Crippen LogP contribution in [0.15, 0.2) is 17.5 Å². The topological polar surface area (TPSA) is 20.2 Å². The smallest absolute Gasteiger partial charge is 0.223 e. The summed E-state index contributed by atoms with van der Waals surface area (Å²) >= 11 is 18.2. The average molecular weight is 246 g/mol. The van der Waals surface area contributed by atoms with Crippen molar-refractivity contribution in [2.45, 2.75) is 16.3 Å². The average Bonchev–Trinajstić information content (AvgIpc) is 2.34. The van der Waals surface area contributed by atoms with E-state index >= 15 is 0 Å². The molecule has 1 aromatic heterocycles. The summed E-state index contributed by atoms with van der Waals surface area (Å²) in [6.07, 6.45) is 0. The van der Waals surface area contributed by atoms with Crippen LogP contribution in [0.2, 0.25) is 0 Å². The van der Waals surface area contributed by atoms with Gasteiger partial charge in [-0.25, -0.2) is 0 Å². The van der Waals surface area contributed by atoms with Crippen LogP contribution in [-0.2, 0) is 5.60 Å². The van der Waals surface area contributed by atoms with Gasteiger partial charge in [-0.1, -0.05) is 40.9 Å². The maximum atomic E-state index is 9.83. The minimum Gasteiger partial charge on any atom is -0.380 e. The molecule has 1 heterocycles. The quantitative estimate of drug-likeness (QED) is 0.753. The minimum absolute atomic E-state index is 0.641. The molecule has 0 spiro atoms. The van der Waals surface area contributed by atoms with Gasteiger partial charge in [0.2, 0.25) is 3.79 Å². The minimum atomic E-state index is -1.70. The van der Waals surface area contributed by atoms with Gasteiger partial charge < -0.3 is 5.11 Å². The second kappa shape index (κ2) is 3.35. The third kappa shape index (κ3) is 1.88. The maximum absolute atomic E-state index is 9.83. The molecule has 1 unspecified atom stereocenters. The fraction of sp³-hybridized carbons (Fsp3) is 0.429. The zero-order chi connectivity index (χ0) is 9.41. The Labute approximate surface area is 89.9 Å². The Morgan fingerprint density at radius 2 is 2.00 bits per heavy atom. The Morgan fingerprint density at radius 1 is 1.42 bits per heavy atom. The second-order valence-corrected chi connectivity index (χ2v) is 5.78. The Kier molecular flexibility index (Phi) is 2.96. The molecule has 0 saturated heterocycles. The van der Waals surface area contributed by atoms with Crippen LogP contribution in [0.1, 0.15) is 11.8 Å². The molecule has 0 saturated carbocycles. The number of rotatable bonds is 1. The number of halogens is 3. The van der Waals surface area contributed by atoms with Crippen LogP contribution in [0.5, 0.6) is 0 Å². The highest BCUT2D eigenvalue weighted by Crippen LogP contribution is 2.45. The van der Waals surface area contributed by atoms with Crippen molar-refractivity contribution in [3.63, 3.8) is 0 Å². The van der Waals surface area contributed by atoms with Crippen LogP contribution in [0.3, 0.4) is 0 Å². The van der Waals surface area contributed by atoms with Gasteiger partial charge >= 0.3 is 0 Å². The zero-order valence-corrected chi connectivity index (χ0v) is 9.31. The fourth-order valence-corrected chi connectivity index (χ4v) is 2.01. The van der Waals surface area contributed by atoms with Crippen molar-refractivity contribution >= 4 is 46.1 Å². The van der Waals surface area contributed by atoms with Crippen molar-refractivity contribution in [3.05, 3.63) is 22.4 Å². The first-order valence-corrected chi connectivity index (χ1v) is 5.20. The lowest BCUT2D eigenvalue weighted by Crippen LogP contribution is -2.35. The summed E-state index contributed by atoms with van der Waals surface area (Å²) in [4.78, 5) is 0.641.